The summed E-state index contributed by atoms with van der Waals surface area (Å²) in [6.45, 7) is 1.85. The average Bonchev–Trinajstić information content (AvgIpc) is 2.81. The average molecular weight is 462 g/mol. The molecule has 0 radical (unpaired) electrons. The first kappa shape index (κ1) is 22.0. The van der Waals surface area contributed by atoms with Gasteiger partial charge in [-0.05, 0) is 36.3 Å². The standard InChI is InChI=1S/C23H18N4O5S/c1-16-7-13-20(14-8-16)33(31,32)15-21-22(17-5-3-2-4-6-17)24-25-23(26(21)28)18-9-11-19(12-10-18)27(29)30/h2-14H,15H2,1H3. The summed E-state index contributed by atoms with van der Waals surface area (Å²) in [5.74, 6) is -0.752. The first-order chi connectivity index (χ1) is 15.8. The molecular weight excluding hydrogens is 444 g/mol. The van der Waals surface area contributed by atoms with Crippen molar-refractivity contribution in [2.45, 2.75) is 17.6 Å². The Morgan fingerprint density at radius 1 is 0.879 bits per heavy atom. The van der Waals surface area contributed by atoms with Crippen LogP contribution in [0.25, 0.3) is 22.6 Å². The number of sulfone groups is 1. The summed E-state index contributed by atoms with van der Waals surface area (Å²) in [4.78, 5) is 10.5. The second-order valence-corrected chi connectivity index (χ2v) is 9.35. The topological polar surface area (TPSA) is 130 Å². The number of hydrogen-bond acceptors (Lipinski definition) is 7. The second kappa shape index (κ2) is 8.75. The van der Waals surface area contributed by atoms with Gasteiger partial charge in [-0.25, -0.2) is 13.1 Å². The molecule has 0 atom stereocenters. The van der Waals surface area contributed by atoms with Gasteiger partial charge in [-0.1, -0.05) is 48.0 Å². The van der Waals surface area contributed by atoms with Gasteiger partial charge in [0, 0.05) is 17.7 Å². The fraction of sp³-hybridized carbons (Fsp3) is 0.0870. The van der Waals surface area contributed by atoms with Crippen molar-refractivity contribution >= 4 is 15.5 Å². The molecule has 166 valence electrons. The van der Waals surface area contributed by atoms with Crippen LogP contribution in [0.3, 0.4) is 0 Å². The van der Waals surface area contributed by atoms with Crippen molar-refractivity contribution < 1.29 is 18.1 Å². The largest absolute Gasteiger partial charge is 0.710 e. The van der Waals surface area contributed by atoms with Gasteiger partial charge in [-0.15, -0.1) is 0 Å². The fourth-order valence-corrected chi connectivity index (χ4v) is 4.61. The number of nitro groups is 1. The quantitative estimate of drug-likeness (QED) is 0.185. The highest BCUT2D eigenvalue weighted by atomic mass is 32.2. The summed E-state index contributed by atoms with van der Waals surface area (Å²) in [7, 11) is -3.88. The molecular formula is C23H18N4O5S. The van der Waals surface area contributed by atoms with Crippen LogP contribution in [-0.2, 0) is 15.6 Å². The Morgan fingerprint density at radius 3 is 2.12 bits per heavy atom. The molecule has 9 nitrogen and oxygen atoms in total. The molecule has 0 spiro atoms. The zero-order valence-electron chi connectivity index (χ0n) is 17.5. The van der Waals surface area contributed by atoms with Crippen LogP contribution in [0.2, 0.25) is 0 Å². The normalized spacial score (nSPS) is 11.3. The molecule has 1 aromatic heterocycles. The molecule has 10 heteroatoms. The van der Waals surface area contributed by atoms with Crippen LogP contribution in [0.4, 0.5) is 5.69 Å². The van der Waals surface area contributed by atoms with E-state index in [-0.39, 0.29) is 33.4 Å². The van der Waals surface area contributed by atoms with Crippen molar-refractivity contribution in [1.29, 1.82) is 0 Å². The number of rotatable bonds is 6. The van der Waals surface area contributed by atoms with E-state index in [4.69, 9.17) is 0 Å². The lowest BCUT2D eigenvalue weighted by atomic mass is 10.1. The number of benzene rings is 3. The lowest BCUT2D eigenvalue weighted by Crippen LogP contribution is -2.38. The van der Waals surface area contributed by atoms with Crippen molar-refractivity contribution in [2.75, 3.05) is 0 Å². The molecule has 0 unspecified atom stereocenters. The summed E-state index contributed by atoms with van der Waals surface area (Å²) in [6, 6.07) is 20.3. The second-order valence-electron chi connectivity index (χ2n) is 7.36. The van der Waals surface area contributed by atoms with E-state index >= 15 is 0 Å². The molecule has 0 saturated carbocycles. The molecule has 0 fully saturated rings. The van der Waals surface area contributed by atoms with Gasteiger partial charge < -0.3 is 5.21 Å². The van der Waals surface area contributed by atoms with Crippen molar-refractivity contribution in [3.8, 4) is 22.6 Å². The molecule has 4 rings (SSSR count). The highest BCUT2D eigenvalue weighted by molar-refractivity contribution is 7.90. The van der Waals surface area contributed by atoms with E-state index in [0.717, 1.165) is 5.56 Å². The van der Waals surface area contributed by atoms with Crippen LogP contribution >= 0.6 is 0 Å². The van der Waals surface area contributed by atoms with Gasteiger partial charge in [0.1, 0.15) is 5.75 Å². The molecule has 0 amide bonds. The Labute approximate surface area is 189 Å². The van der Waals surface area contributed by atoms with E-state index in [1.807, 2.05) is 6.92 Å². The summed E-state index contributed by atoms with van der Waals surface area (Å²) in [5, 5.41) is 32.5. The summed E-state index contributed by atoms with van der Waals surface area (Å²) in [6.07, 6.45) is 0. The number of nitro benzene ring substituents is 1. The van der Waals surface area contributed by atoms with Crippen LogP contribution in [0.1, 0.15) is 11.3 Å². The Bertz CT molecular complexity index is 1420. The van der Waals surface area contributed by atoms with E-state index in [0.29, 0.717) is 10.3 Å². The molecule has 33 heavy (non-hydrogen) atoms. The molecule has 0 aliphatic heterocycles. The third-order valence-electron chi connectivity index (χ3n) is 5.05. The maximum Gasteiger partial charge on any atom is 0.361 e. The lowest BCUT2D eigenvalue weighted by molar-refractivity contribution is -0.604. The van der Waals surface area contributed by atoms with Crippen LogP contribution in [0, 0.1) is 22.2 Å². The summed E-state index contributed by atoms with van der Waals surface area (Å²) in [5.41, 5.74) is 1.63. The van der Waals surface area contributed by atoms with E-state index in [1.165, 1.54) is 36.4 Å². The smallest absolute Gasteiger partial charge is 0.361 e. The Balaban J connectivity index is 1.86. The van der Waals surface area contributed by atoms with E-state index in [1.54, 1.807) is 42.5 Å². The van der Waals surface area contributed by atoms with Crippen LogP contribution < -0.4 is 4.73 Å². The maximum atomic E-state index is 13.4. The Kier molecular flexibility index (Phi) is 5.84. The van der Waals surface area contributed by atoms with Gasteiger partial charge in [0.05, 0.1) is 20.5 Å². The highest BCUT2D eigenvalue weighted by Crippen LogP contribution is 2.25. The van der Waals surface area contributed by atoms with Gasteiger partial charge in [0.15, 0.2) is 21.2 Å². The lowest BCUT2D eigenvalue weighted by Gasteiger charge is -2.15. The van der Waals surface area contributed by atoms with Crippen LogP contribution in [0.15, 0.2) is 83.8 Å². The van der Waals surface area contributed by atoms with E-state index in [9.17, 15) is 23.7 Å². The Morgan fingerprint density at radius 2 is 1.52 bits per heavy atom. The molecule has 0 aliphatic carbocycles. The van der Waals surface area contributed by atoms with Crippen molar-refractivity contribution in [1.82, 2.24) is 10.2 Å². The molecule has 0 aliphatic rings. The van der Waals surface area contributed by atoms with Crippen molar-refractivity contribution in [3.63, 3.8) is 0 Å². The predicted molar refractivity (Wildman–Crippen MR) is 121 cm³/mol. The Hall–Kier alpha value is -4.18. The van der Waals surface area contributed by atoms with Crippen LogP contribution in [-0.4, -0.2) is 23.5 Å². The first-order valence-corrected chi connectivity index (χ1v) is 11.5. The number of non-ortho nitro benzene ring substituents is 1. The molecule has 0 bridgehead atoms. The zero-order chi connectivity index (χ0) is 23.6. The first-order valence-electron chi connectivity index (χ1n) is 9.85. The predicted octanol–water partition coefficient (Wildman–Crippen LogP) is 3.63. The SMILES string of the molecule is Cc1ccc(S(=O)(=O)Cc2c(-c3ccccc3)nnc(-c3ccc([N+](=O)[O-])cc3)[n+]2[O-])cc1. The van der Waals surface area contributed by atoms with Gasteiger partial charge >= 0.3 is 5.82 Å². The van der Waals surface area contributed by atoms with Gasteiger partial charge in [0.25, 0.3) is 5.69 Å². The maximum absolute atomic E-state index is 13.4. The minimum absolute atomic E-state index is 0.0841. The monoisotopic (exact) mass is 462 g/mol. The van der Waals surface area contributed by atoms with Gasteiger partial charge in [-0.2, -0.15) is 0 Å². The minimum atomic E-state index is -3.88. The number of nitrogens with zero attached hydrogens (tertiary/aromatic N) is 4. The molecule has 0 saturated heterocycles. The third-order valence-corrected chi connectivity index (χ3v) is 6.69. The van der Waals surface area contributed by atoms with Gasteiger partial charge in [-0.3, -0.25) is 10.1 Å². The van der Waals surface area contributed by atoms with Crippen LogP contribution in [0.5, 0.6) is 0 Å². The van der Waals surface area contributed by atoms with Crippen molar-refractivity contribution in [2.24, 2.45) is 0 Å². The third kappa shape index (κ3) is 4.55. The van der Waals surface area contributed by atoms with E-state index in [2.05, 4.69) is 10.2 Å². The summed E-state index contributed by atoms with van der Waals surface area (Å²) >= 11 is 0. The number of hydrogen-bond donors (Lipinski definition) is 0. The van der Waals surface area contributed by atoms with Gasteiger partial charge in [0.2, 0.25) is 0 Å². The van der Waals surface area contributed by atoms with Crippen molar-refractivity contribution in [3.05, 3.63) is 105 Å². The summed E-state index contributed by atoms with van der Waals surface area (Å²) < 4.78 is 26.7. The number of aromatic nitrogens is 3. The molecule has 1 heterocycles. The highest BCUT2D eigenvalue weighted by Gasteiger charge is 2.27. The minimum Gasteiger partial charge on any atom is -0.710 e. The zero-order valence-corrected chi connectivity index (χ0v) is 18.3. The molecule has 0 N–H and O–H groups in total. The fourth-order valence-electron chi connectivity index (χ4n) is 3.28. The number of aryl methyl sites for hydroxylation is 1. The molecule has 3 aromatic carbocycles. The van der Waals surface area contributed by atoms with E-state index < -0.39 is 20.5 Å². The molecule has 4 aromatic rings.